The van der Waals surface area contributed by atoms with E-state index in [0.717, 1.165) is 0 Å². The van der Waals surface area contributed by atoms with E-state index in [4.69, 9.17) is 5.11 Å². The highest BCUT2D eigenvalue weighted by atomic mass is 127. The Kier molecular flexibility index (Phi) is 2.51. The lowest BCUT2D eigenvalue weighted by Crippen LogP contribution is -2.20. The molecule has 0 unspecified atom stereocenters. The van der Waals surface area contributed by atoms with Crippen LogP contribution in [0.15, 0.2) is 29.2 Å². The first-order chi connectivity index (χ1) is 6.74. The molecule has 0 aromatic carbocycles. The van der Waals surface area contributed by atoms with Crippen LogP contribution in [0.3, 0.4) is 0 Å². The zero-order valence-corrected chi connectivity index (χ0v) is 9.30. The largest absolute Gasteiger partial charge is 0.390 e. The summed E-state index contributed by atoms with van der Waals surface area (Å²) in [7, 11) is 0. The minimum Gasteiger partial charge on any atom is -0.390 e. The van der Waals surface area contributed by atoms with Crippen LogP contribution in [0.1, 0.15) is 5.69 Å². The second-order valence-electron chi connectivity index (χ2n) is 2.76. The Labute approximate surface area is 93.4 Å². The first-order valence-electron chi connectivity index (χ1n) is 4.00. The molecule has 0 fully saturated rings. The molecule has 0 aliphatic carbocycles. The van der Waals surface area contributed by atoms with Gasteiger partial charge in [0.1, 0.15) is 9.22 Å². The van der Waals surface area contributed by atoms with Gasteiger partial charge in [0.05, 0.1) is 12.3 Å². The van der Waals surface area contributed by atoms with E-state index in [1.807, 2.05) is 22.6 Å². The molecular formula is C9H7IN2O2. The van der Waals surface area contributed by atoms with Gasteiger partial charge in [-0.1, -0.05) is 6.07 Å². The number of hydrogen-bond donors (Lipinski definition) is 1. The molecule has 2 heterocycles. The first-order valence-corrected chi connectivity index (χ1v) is 5.08. The summed E-state index contributed by atoms with van der Waals surface area (Å²) in [6.45, 7) is -0.209. The minimum absolute atomic E-state index is 0.139. The molecule has 0 bridgehead atoms. The van der Waals surface area contributed by atoms with E-state index in [-0.39, 0.29) is 12.2 Å². The van der Waals surface area contributed by atoms with Gasteiger partial charge in [-0.15, -0.1) is 0 Å². The molecule has 1 N–H and O–H groups in total. The smallest absolute Gasteiger partial charge is 0.271 e. The van der Waals surface area contributed by atoms with Crippen LogP contribution in [0.5, 0.6) is 0 Å². The molecule has 0 saturated heterocycles. The van der Waals surface area contributed by atoms with Gasteiger partial charge < -0.3 is 5.11 Å². The second-order valence-corrected chi connectivity index (χ2v) is 3.84. The molecule has 0 aliphatic heterocycles. The van der Waals surface area contributed by atoms with E-state index >= 15 is 0 Å². The maximum Gasteiger partial charge on any atom is 0.271 e. The van der Waals surface area contributed by atoms with Gasteiger partial charge in [0.2, 0.25) is 0 Å². The fourth-order valence-corrected chi connectivity index (χ4v) is 1.77. The molecule has 0 spiro atoms. The van der Waals surface area contributed by atoms with Crippen molar-refractivity contribution < 1.29 is 5.11 Å². The average Bonchev–Trinajstić information content (AvgIpc) is 2.23. The molecule has 14 heavy (non-hydrogen) atoms. The Bertz CT molecular complexity index is 536. The molecule has 0 aliphatic rings. The highest BCUT2D eigenvalue weighted by molar-refractivity contribution is 14.1. The first kappa shape index (κ1) is 9.60. The van der Waals surface area contributed by atoms with Crippen LogP contribution in [0.25, 0.3) is 5.65 Å². The van der Waals surface area contributed by atoms with E-state index in [1.54, 1.807) is 24.4 Å². The molecule has 2 rings (SSSR count). The van der Waals surface area contributed by atoms with Crippen molar-refractivity contribution in [2.45, 2.75) is 6.61 Å². The van der Waals surface area contributed by atoms with E-state index in [9.17, 15) is 4.79 Å². The predicted molar refractivity (Wildman–Crippen MR) is 60.1 cm³/mol. The molecule has 72 valence electrons. The molecule has 0 saturated carbocycles. The van der Waals surface area contributed by atoms with E-state index < -0.39 is 0 Å². The van der Waals surface area contributed by atoms with Gasteiger partial charge in [-0.3, -0.25) is 9.20 Å². The van der Waals surface area contributed by atoms with Crippen molar-refractivity contribution in [1.82, 2.24) is 9.38 Å². The summed E-state index contributed by atoms with van der Waals surface area (Å²) < 4.78 is 1.93. The Hall–Kier alpha value is -0.950. The quantitative estimate of drug-likeness (QED) is 0.793. The number of aliphatic hydroxyl groups is 1. The molecule has 0 radical (unpaired) electrons. The van der Waals surface area contributed by atoms with Gasteiger partial charge in [-0.2, -0.15) is 0 Å². The van der Waals surface area contributed by atoms with Crippen molar-refractivity contribution in [3.8, 4) is 0 Å². The Balaban J connectivity index is 2.92. The maximum absolute atomic E-state index is 11.7. The zero-order chi connectivity index (χ0) is 10.1. The highest BCUT2D eigenvalue weighted by Gasteiger charge is 2.07. The molecule has 0 atom stereocenters. The van der Waals surface area contributed by atoms with Crippen LogP contribution >= 0.6 is 22.6 Å². The fraction of sp³-hybridized carbons (Fsp3) is 0.111. The lowest BCUT2D eigenvalue weighted by Gasteiger charge is -2.03. The summed E-state index contributed by atoms with van der Waals surface area (Å²) in [5, 5.41) is 8.99. The van der Waals surface area contributed by atoms with Crippen LogP contribution in [0.4, 0.5) is 0 Å². The topological polar surface area (TPSA) is 54.6 Å². The number of fused-ring (bicyclic) bond motifs is 1. The lowest BCUT2D eigenvalue weighted by molar-refractivity contribution is 0.276. The summed E-state index contributed by atoms with van der Waals surface area (Å²) in [6.07, 6.45) is 1.66. The third kappa shape index (κ3) is 1.42. The van der Waals surface area contributed by atoms with Crippen molar-refractivity contribution in [3.63, 3.8) is 0 Å². The fourth-order valence-electron chi connectivity index (χ4n) is 1.22. The average molecular weight is 302 g/mol. The second kappa shape index (κ2) is 3.66. The Morgan fingerprint density at radius 3 is 3.00 bits per heavy atom. The van der Waals surface area contributed by atoms with E-state index in [2.05, 4.69) is 4.98 Å². The van der Waals surface area contributed by atoms with Crippen LogP contribution < -0.4 is 5.56 Å². The SMILES string of the molecule is O=c1c(I)c(CO)nc2ccccn12. The summed E-state index contributed by atoms with van der Waals surface area (Å²) >= 11 is 1.90. The third-order valence-corrected chi connectivity index (χ3v) is 2.98. The van der Waals surface area contributed by atoms with Crippen LogP contribution in [-0.2, 0) is 6.61 Å². The molecule has 0 amide bonds. The van der Waals surface area contributed by atoms with Gasteiger partial charge >= 0.3 is 0 Å². The Morgan fingerprint density at radius 1 is 1.50 bits per heavy atom. The number of rotatable bonds is 1. The molecule has 2 aromatic rings. The van der Waals surface area contributed by atoms with E-state index in [1.165, 1.54) is 4.40 Å². The number of pyridine rings is 1. The van der Waals surface area contributed by atoms with Gasteiger partial charge in [0.25, 0.3) is 5.56 Å². The molecule has 4 nitrogen and oxygen atoms in total. The van der Waals surface area contributed by atoms with Crippen LogP contribution in [0, 0.1) is 3.57 Å². The van der Waals surface area contributed by atoms with Gasteiger partial charge in [0.15, 0.2) is 0 Å². The van der Waals surface area contributed by atoms with Crippen molar-refractivity contribution >= 4 is 28.2 Å². The minimum atomic E-state index is -0.209. The standard InChI is InChI=1S/C9H7IN2O2/c10-8-6(5-13)11-7-3-1-2-4-12(7)9(8)14/h1-4,13H,5H2. The summed E-state index contributed by atoms with van der Waals surface area (Å²) in [4.78, 5) is 15.9. The molecular weight excluding hydrogens is 295 g/mol. The predicted octanol–water partition coefficient (Wildman–Crippen LogP) is 0.791. The number of aliphatic hydroxyl groups excluding tert-OH is 1. The van der Waals surface area contributed by atoms with Crippen molar-refractivity contribution in [1.29, 1.82) is 0 Å². The number of aromatic nitrogens is 2. The summed E-state index contributed by atoms with van der Waals surface area (Å²) in [5.41, 5.74) is 0.851. The van der Waals surface area contributed by atoms with Crippen LogP contribution in [-0.4, -0.2) is 14.5 Å². The third-order valence-electron chi connectivity index (χ3n) is 1.90. The summed E-state index contributed by atoms with van der Waals surface area (Å²) in [5.74, 6) is 0. The number of hydrogen-bond acceptors (Lipinski definition) is 3. The number of halogens is 1. The van der Waals surface area contributed by atoms with Crippen molar-refractivity contribution in [3.05, 3.63) is 44.0 Å². The molecule has 5 heteroatoms. The van der Waals surface area contributed by atoms with Crippen LogP contribution in [0.2, 0.25) is 0 Å². The van der Waals surface area contributed by atoms with Crippen molar-refractivity contribution in [2.24, 2.45) is 0 Å². The molecule has 2 aromatic heterocycles. The van der Waals surface area contributed by atoms with Crippen molar-refractivity contribution in [2.75, 3.05) is 0 Å². The number of nitrogens with zero attached hydrogens (tertiary/aromatic N) is 2. The summed E-state index contributed by atoms with van der Waals surface area (Å²) in [6, 6.07) is 5.30. The lowest BCUT2D eigenvalue weighted by atomic mass is 10.4. The zero-order valence-electron chi connectivity index (χ0n) is 7.14. The maximum atomic E-state index is 11.7. The normalized spacial score (nSPS) is 10.7. The van der Waals surface area contributed by atoms with Gasteiger partial charge in [0, 0.05) is 6.20 Å². The monoisotopic (exact) mass is 302 g/mol. The van der Waals surface area contributed by atoms with Gasteiger partial charge in [-0.25, -0.2) is 4.98 Å². The van der Waals surface area contributed by atoms with Gasteiger partial charge in [-0.05, 0) is 34.7 Å². The van der Waals surface area contributed by atoms with E-state index in [0.29, 0.717) is 14.9 Å². The highest BCUT2D eigenvalue weighted by Crippen LogP contribution is 2.06. The Morgan fingerprint density at radius 2 is 2.29 bits per heavy atom.